The third-order valence-corrected chi connectivity index (χ3v) is 8.56. The van der Waals surface area contributed by atoms with Crippen LogP contribution in [0.5, 0.6) is 5.75 Å². The zero-order valence-electron chi connectivity index (χ0n) is 22.1. The Labute approximate surface area is 226 Å². The second-order valence-electron chi connectivity index (χ2n) is 11.0. The third kappa shape index (κ3) is 5.70. The van der Waals surface area contributed by atoms with E-state index < -0.39 is 0 Å². The average Bonchev–Trinajstić information content (AvgIpc) is 3.47. The molecule has 1 aliphatic carbocycles. The second kappa shape index (κ2) is 11.6. The fourth-order valence-electron chi connectivity index (χ4n) is 6.23. The molecule has 1 aromatic heterocycles. The zero-order chi connectivity index (χ0) is 25.7. The highest BCUT2D eigenvalue weighted by Crippen LogP contribution is 2.33. The van der Waals surface area contributed by atoms with Crippen molar-refractivity contribution in [1.82, 2.24) is 15.2 Å². The number of carbonyl (C=O) groups is 1. The van der Waals surface area contributed by atoms with Gasteiger partial charge in [0, 0.05) is 56.0 Å². The van der Waals surface area contributed by atoms with Gasteiger partial charge in [-0.3, -0.25) is 9.69 Å². The molecule has 0 unspecified atom stereocenters. The fourth-order valence-corrected chi connectivity index (χ4v) is 6.23. The Balaban J connectivity index is 0.911. The molecule has 2 fully saturated rings. The van der Waals surface area contributed by atoms with Gasteiger partial charge in [-0.05, 0) is 73.9 Å². The monoisotopic (exact) mass is 510 g/mol. The van der Waals surface area contributed by atoms with Crippen LogP contribution in [-0.4, -0.2) is 61.2 Å². The summed E-state index contributed by atoms with van der Waals surface area (Å²) in [4.78, 5) is 22.6. The van der Waals surface area contributed by atoms with Crippen LogP contribution >= 0.6 is 0 Å². The van der Waals surface area contributed by atoms with Gasteiger partial charge in [-0.1, -0.05) is 42.5 Å². The molecule has 2 aromatic carbocycles. The smallest absolute Gasteiger partial charge is 0.251 e. The zero-order valence-corrected chi connectivity index (χ0v) is 22.1. The lowest BCUT2D eigenvalue weighted by Crippen LogP contribution is -2.47. The molecule has 0 atom stereocenters. The summed E-state index contributed by atoms with van der Waals surface area (Å²) in [7, 11) is 0. The Bertz CT molecular complexity index is 1210. The van der Waals surface area contributed by atoms with E-state index in [1.54, 1.807) is 0 Å². The largest absolute Gasteiger partial charge is 0.493 e. The van der Waals surface area contributed by atoms with Gasteiger partial charge in [-0.25, -0.2) is 4.98 Å². The Morgan fingerprint density at radius 3 is 2.39 bits per heavy atom. The van der Waals surface area contributed by atoms with Crippen molar-refractivity contribution in [2.75, 3.05) is 44.2 Å². The minimum absolute atomic E-state index is 0.0519. The standard InChI is InChI=1S/C32H38N4O2/c37-32(27-10-8-26(9-11-27)25-4-2-1-3-5-25)34-28-12-6-24(7-13-28)15-18-35-19-21-36(22-20-35)31-29-16-23-38-30(29)14-17-33-31/h1-5,8-11,14,17,24,28H,6-7,12-13,15-16,18-23H2,(H,34,37)/t24-,28-. The molecule has 1 saturated carbocycles. The van der Waals surface area contributed by atoms with Crippen molar-refractivity contribution in [1.29, 1.82) is 0 Å². The van der Waals surface area contributed by atoms with Crippen molar-refractivity contribution in [3.05, 3.63) is 78.0 Å². The summed E-state index contributed by atoms with van der Waals surface area (Å²) < 4.78 is 5.73. The summed E-state index contributed by atoms with van der Waals surface area (Å²) in [5.74, 6) is 2.97. The first-order valence-electron chi connectivity index (χ1n) is 14.3. The predicted molar refractivity (Wildman–Crippen MR) is 152 cm³/mol. The lowest BCUT2D eigenvalue weighted by atomic mass is 9.84. The molecular formula is C32H38N4O2. The number of nitrogens with zero attached hydrogens (tertiary/aromatic N) is 3. The van der Waals surface area contributed by atoms with E-state index in [2.05, 4.69) is 32.2 Å². The fraction of sp³-hybridized carbons (Fsp3) is 0.438. The predicted octanol–water partition coefficient (Wildman–Crippen LogP) is 5.18. The van der Waals surface area contributed by atoms with Crippen LogP contribution in [0.2, 0.25) is 0 Å². The SMILES string of the molecule is O=C(N[C@H]1CC[C@H](CCN2CCN(c3nccc4c3CCO4)CC2)CC1)c1ccc(-c2ccccc2)cc1. The van der Waals surface area contributed by atoms with E-state index >= 15 is 0 Å². The van der Waals surface area contributed by atoms with Crippen LogP contribution in [0.3, 0.4) is 0 Å². The molecule has 0 radical (unpaired) electrons. The van der Waals surface area contributed by atoms with Gasteiger partial charge in [-0.2, -0.15) is 0 Å². The van der Waals surface area contributed by atoms with E-state index in [1.807, 2.05) is 54.7 Å². The van der Waals surface area contributed by atoms with E-state index in [0.29, 0.717) is 6.04 Å². The molecule has 0 bridgehead atoms. The molecule has 0 spiro atoms. The second-order valence-corrected chi connectivity index (χ2v) is 11.0. The molecule has 198 valence electrons. The molecule has 6 nitrogen and oxygen atoms in total. The topological polar surface area (TPSA) is 57.7 Å². The molecule has 3 aromatic rings. The van der Waals surface area contributed by atoms with Gasteiger partial charge in [0.1, 0.15) is 11.6 Å². The average molecular weight is 511 g/mol. The van der Waals surface area contributed by atoms with Gasteiger partial charge in [-0.15, -0.1) is 0 Å². The number of carbonyl (C=O) groups excluding carboxylic acids is 1. The summed E-state index contributed by atoms with van der Waals surface area (Å²) in [5.41, 5.74) is 4.34. The Hall–Kier alpha value is -3.38. The molecule has 38 heavy (non-hydrogen) atoms. The summed E-state index contributed by atoms with van der Waals surface area (Å²) in [6.07, 6.45) is 8.69. The molecule has 2 aliphatic heterocycles. The van der Waals surface area contributed by atoms with Gasteiger partial charge in [0.15, 0.2) is 0 Å². The van der Waals surface area contributed by atoms with Gasteiger partial charge in [0.25, 0.3) is 5.91 Å². The number of rotatable bonds is 7. The number of ether oxygens (including phenoxy) is 1. The van der Waals surface area contributed by atoms with E-state index in [4.69, 9.17) is 4.74 Å². The molecule has 3 heterocycles. The number of hydrogen-bond acceptors (Lipinski definition) is 5. The summed E-state index contributed by atoms with van der Waals surface area (Å²) in [6, 6.07) is 20.5. The lowest BCUT2D eigenvalue weighted by molar-refractivity contribution is 0.0919. The Morgan fingerprint density at radius 1 is 0.895 bits per heavy atom. The number of aromatic nitrogens is 1. The van der Waals surface area contributed by atoms with E-state index in [1.165, 1.54) is 36.9 Å². The molecule has 6 heteroatoms. The molecule has 1 amide bonds. The number of amides is 1. The lowest BCUT2D eigenvalue weighted by Gasteiger charge is -2.37. The van der Waals surface area contributed by atoms with Gasteiger partial charge >= 0.3 is 0 Å². The van der Waals surface area contributed by atoms with Crippen LogP contribution in [-0.2, 0) is 6.42 Å². The highest BCUT2D eigenvalue weighted by molar-refractivity contribution is 5.94. The van der Waals surface area contributed by atoms with Crippen LogP contribution in [0.4, 0.5) is 5.82 Å². The maximum Gasteiger partial charge on any atom is 0.251 e. The van der Waals surface area contributed by atoms with E-state index in [9.17, 15) is 4.79 Å². The van der Waals surface area contributed by atoms with Crippen molar-refractivity contribution < 1.29 is 9.53 Å². The minimum atomic E-state index is 0.0519. The molecule has 6 rings (SSSR count). The van der Waals surface area contributed by atoms with Gasteiger partial charge < -0.3 is 15.0 Å². The molecule has 3 aliphatic rings. The first kappa shape index (κ1) is 24.9. The van der Waals surface area contributed by atoms with Crippen molar-refractivity contribution in [2.24, 2.45) is 5.92 Å². The van der Waals surface area contributed by atoms with Crippen LogP contribution in [0, 0.1) is 5.92 Å². The number of pyridine rings is 1. The maximum absolute atomic E-state index is 12.8. The van der Waals surface area contributed by atoms with E-state index in [-0.39, 0.29) is 5.91 Å². The number of hydrogen-bond donors (Lipinski definition) is 1. The van der Waals surface area contributed by atoms with Crippen molar-refractivity contribution in [3.8, 4) is 16.9 Å². The van der Waals surface area contributed by atoms with Crippen molar-refractivity contribution in [2.45, 2.75) is 44.6 Å². The van der Waals surface area contributed by atoms with Crippen LogP contribution < -0.4 is 15.0 Å². The number of anilines is 1. The van der Waals surface area contributed by atoms with Gasteiger partial charge in [0.2, 0.25) is 0 Å². The summed E-state index contributed by atoms with van der Waals surface area (Å²) in [5, 5.41) is 3.29. The van der Waals surface area contributed by atoms with E-state index in [0.717, 1.165) is 80.7 Å². The molecule has 1 N–H and O–H groups in total. The highest BCUT2D eigenvalue weighted by Gasteiger charge is 2.26. The van der Waals surface area contributed by atoms with Crippen molar-refractivity contribution in [3.63, 3.8) is 0 Å². The number of fused-ring (bicyclic) bond motifs is 1. The first-order valence-corrected chi connectivity index (χ1v) is 14.3. The van der Waals surface area contributed by atoms with Gasteiger partial charge in [0.05, 0.1) is 6.61 Å². The maximum atomic E-state index is 12.8. The normalized spacial score (nSPS) is 21.5. The summed E-state index contributed by atoms with van der Waals surface area (Å²) in [6.45, 7) is 6.22. The minimum Gasteiger partial charge on any atom is -0.493 e. The third-order valence-electron chi connectivity index (χ3n) is 8.56. The van der Waals surface area contributed by atoms with Crippen LogP contribution in [0.1, 0.15) is 48.0 Å². The highest BCUT2D eigenvalue weighted by atomic mass is 16.5. The van der Waals surface area contributed by atoms with Crippen LogP contribution in [0.15, 0.2) is 66.9 Å². The Morgan fingerprint density at radius 2 is 1.63 bits per heavy atom. The molecular weight excluding hydrogens is 472 g/mol. The number of nitrogens with one attached hydrogen (secondary N) is 1. The number of piperazine rings is 1. The van der Waals surface area contributed by atoms with Crippen molar-refractivity contribution >= 4 is 11.7 Å². The first-order chi connectivity index (χ1) is 18.7. The Kier molecular flexibility index (Phi) is 7.59. The van der Waals surface area contributed by atoms with Crippen LogP contribution in [0.25, 0.3) is 11.1 Å². The quantitative estimate of drug-likeness (QED) is 0.474. The number of benzene rings is 2. The molecule has 1 saturated heterocycles. The summed E-state index contributed by atoms with van der Waals surface area (Å²) >= 11 is 0.